The van der Waals surface area contributed by atoms with Crippen molar-refractivity contribution in [3.63, 3.8) is 0 Å². The molecule has 24 heavy (non-hydrogen) atoms. The largest absolute Gasteiger partial charge is 0.333 e. The van der Waals surface area contributed by atoms with Crippen LogP contribution < -0.4 is 0 Å². The zero-order chi connectivity index (χ0) is 16.9. The van der Waals surface area contributed by atoms with Gasteiger partial charge in [0.1, 0.15) is 11.7 Å². The van der Waals surface area contributed by atoms with Gasteiger partial charge in [-0.25, -0.2) is 4.98 Å². The molecule has 1 aromatic heterocycles. The number of benzene rings is 1. The predicted octanol–water partition coefficient (Wildman–Crippen LogP) is 1.64. The molecule has 6 heteroatoms. The first-order chi connectivity index (χ1) is 11.7. The summed E-state index contributed by atoms with van der Waals surface area (Å²) in [4.78, 5) is 24.6. The van der Waals surface area contributed by atoms with Gasteiger partial charge in [0.25, 0.3) is 5.91 Å². The summed E-state index contributed by atoms with van der Waals surface area (Å²) in [6.07, 6.45) is 3.08. The Balaban J connectivity index is 1.67. The number of piperazine rings is 1. The van der Waals surface area contributed by atoms with Gasteiger partial charge in [0.2, 0.25) is 0 Å². The smallest absolute Gasteiger partial charge is 0.274 e. The summed E-state index contributed by atoms with van der Waals surface area (Å²) in [6.45, 7) is 4.18. The number of amides is 1. The van der Waals surface area contributed by atoms with Crippen LogP contribution in [0.4, 0.5) is 0 Å². The Labute approximate surface area is 141 Å². The van der Waals surface area contributed by atoms with Crippen LogP contribution in [0.1, 0.15) is 21.7 Å². The summed E-state index contributed by atoms with van der Waals surface area (Å²) in [5, 5.41) is 9.49. The van der Waals surface area contributed by atoms with Crippen molar-refractivity contribution in [1.82, 2.24) is 19.8 Å². The van der Waals surface area contributed by atoms with Crippen molar-refractivity contribution < 1.29 is 4.79 Å². The molecule has 1 aliphatic heterocycles. The van der Waals surface area contributed by atoms with E-state index < -0.39 is 0 Å². The van der Waals surface area contributed by atoms with Gasteiger partial charge in [-0.2, -0.15) is 5.26 Å². The number of carbonyl (C=O) groups is 1. The van der Waals surface area contributed by atoms with Gasteiger partial charge in [-0.1, -0.05) is 30.3 Å². The van der Waals surface area contributed by atoms with Gasteiger partial charge >= 0.3 is 0 Å². The van der Waals surface area contributed by atoms with Crippen molar-refractivity contribution in [2.45, 2.75) is 19.5 Å². The third kappa shape index (κ3) is 3.58. The van der Waals surface area contributed by atoms with E-state index in [2.05, 4.69) is 20.9 Å². The minimum absolute atomic E-state index is 0.165. The van der Waals surface area contributed by atoms with E-state index in [1.54, 1.807) is 11.1 Å². The molecular formula is C18H19N5O. The normalized spacial score (nSPS) is 18.2. The molecule has 1 saturated heterocycles. The molecule has 6 nitrogen and oxygen atoms in total. The Kier molecular flexibility index (Phi) is 4.82. The topological polar surface area (TPSA) is 73.1 Å². The highest BCUT2D eigenvalue weighted by molar-refractivity contribution is 5.92. The molecule has 0 radical (unpaired) electrons. The number of nitriles is 1. The fourth-order valence-corrected chi connectivity index (χ4v) is 2.80. The lowest BCUT2D eigenvalue weighted by atomic mass is 10.1. The second-order valence-corrected chi connectivity index (χ2v) is 5.90. The average molecular weight is 321 g/mol. The average Bonchev–Trinajstić information content (AvgIpc) is 2.63. The first-order valence-electron chi connectivity index (χ1n) is 7.93. The Hall–Kier alpha value is -2.78. The Morgan fingerprint density at radius 3 is 2.71 bits per heavy atom. The van der Waals surface area contributed by atoms with E-state index in [1.165, 1.54) is 11.8 Å². The summed E-state index contributed by atoms with van der Waals surface area (Å²) < 4.78 is 0. The molecule has 2 aromatic rings. The zero-order valence-corrected chi connectivity index (χ0v) is 13.6. The van der Waals surface area contributed by atoms with Gasteiger partial charge in [-0.15, -0.1) is 0 Å². The maximum absolute atomic E-state index is 12.5. The SMILES string of the molecule is Cc1cnc(C(=O)N2CCN(Cc3ccccc3)C(C#N)C2)cn1. The quantitative estimate of drug-likeness (QED) is 0.859. The molecular weight excluding hydrogens is 302 g/mol. The molecule has 0 bridgehead atoms. The molecule has 1 atom stereocenters. The number of hydrogen-bond acceptors (Lipinski definition) is 5. The maximum atomic E-state index is 12.5. The van der Waals surface area contributed by atoms with E-state index in [0.717, 1.165) is 5.69 Å². The van der Waals surface area contributed by atoms with Crippen LogP contribution in [0.3, 0.4) is 0 Å². The van der Waals surface area contributed by atoms with Gasteiger partial charge in [0.05, 0.1) is 24.5 Å². The molecule has 1 aliphatic rings. The Morgan fingerprint density at radius 1 is 1.25 bits per heavy atom. The lowest BCUT2D eigenvalue weighted by molar-refractivity contribution is 0.0546. The van der Waals surface area contributed by atoms with E-state index in [1.807, 2.05) is 37.3 Å². The minimum Gasteiger partial charge on any atom is -0.333 e. The summed E-state index contributed by atoms with van der Waals surface area (Å²) >= 11 is 0. The molecule has 3 rings (SSSR count). The first kappa shape index (κ1) is 16.1. The highest BCUT2D eigenvalue weighted by atomic mass is 16.2. The molecule has 0 spiro atoms. The number of aryl methyl sites for hydroxylation is 1. The van der Waals surface area contributed by atoms with Gasteiger partial charge in [0, 0.05) is 25.8 Å². The third-order valence-electron chi connectivity index (χ3n) is 4.16. The monoisotopic (exact) mass is 321 g/mol. The number of carbonyl (C=O) groups excluding carboxylic acids is 1. The highest BCUT2D eigenvalue weighted by Gasteiger charge is 2.30. The van der Waals surface area contributed by atoms with Crippen molar-refractivity contribution in [2.24, 2.45) is 0 Å². The number of aromatic nitrogens is 2. The minimum atomic E-state index is -0.318. The van der Waals surface area contributed by atoms with E-state index in [-0.39, 0.29) is 11.9 Å². The van der Waals surface area contributed by atoms with Gasteiger partial charge in [0.15, 0.2) is 0 Å². The van der Waals surface area contributed by atoms with Gasteiger partial charge in [-0.05, 0) is 12.5 Å². The zero-order valence-electron chi connectivity index (χ0n) is 13.6. The molecule has 1 unspecified atom stereocenters. The van der Waals surface area contributed by atoms with Crippen LogP contribution in [0.25, 0.3) is 0 Å². The van der Waals surface area contributed by atoms with Crippen molar-refractivity contribution in [2.75, 3.05) is 19.6 Å². The molecule has 1 aromatic carbocycles. The van der Waals surface area contributed by atoms with Crippen molar-refractivity contribution in [3.8, 4) is 6.07 Å². The summed E-state index contributed by atoms with van der Waals surface area (Å²) in [7, 11) is 0. The molecule has 1 fully saturated rings. The van der Waals surface area contributed by atoms with Crippen LogP contribution in [0.15, 0.2) is 42.7 Å². The van der Waals surface area contributed by atoms with Crippen LogP contribution in [0.5, 0.6) is 0 Å². The number of hydrogen-bond donors (Lipinski definition) is 0. The molecule has 0 N–H and O–H groups in total. The van der Waals surface area contributed by atoms with Crippen LogP contribution >= 0.6 is 0 Å². The molecule has 122 valence electrons. The fourth-order valence-electron chi connectivity index (χ4n) is 2.80. The lowest BCUT2D eigenvalue weighted by Gasteiger charge is -2.38. The standard InChI is InChI=1S/C18H19N5O/c1-14-10-21-17(11-20-14)18(24)23-8-7-22(16(9-19)13-23)12-15-5-3-2-4-6-15/h2-6,10-11,16H,7-8,12-13H2,1H3. The van der Waals surface area contributed by atoms with E-state index in [9.17, 15) is 10.1 Å². The van der Waals surface area contributed by atoms with E-state index in [0.29, 0.717) is 31.9 Å². The van der Waals surface area contributed by atoms with E-state index >= 15 is 0 Å². The summed E-state index contributed by atoms with van der Waals surface area (Å²) in [5.41, 5.74) is 2.27. The predicted molar refractivity (Wildman–Crippen MR) is 88.9 cm³/mol. The molecule has 0 aliphatic carbocycles. The molecule has 1 amide bonds. The lowest BCUT2D eigenvalue weighted by Crippen LogP contribution is -2.53. The number of rotatable bonds is 3. The summed E-state index contributed by atoms with van der Waals surface area (Å²) in [5.74, 6) is -0.165. The Morgan fingerprint density at radius 2 is 2.04 bits per heavy atom. The molecule has 2 heterocycles. The molecule has 0 saturated carbocycles. The number of nitrogens with zero attached hydrogens (tertiary/aromatic N) is 5. The van der Waals surface area contributed by atoms with Crippen molar-refractivity contribution in [3.05, 3.63) is 59.7 Å². The van der Waals surface area contributed by atoms with Crippen LogP contribution in [0, 0.1) is 18.3 Å². The maximum Gasteiger partial charge on any atom is 0.274 e. The summed E-state index contributed by atoms with van der Waals surface area (Å²) in [6, 6.07) is 12.1. The second-order valence-electron chi connectivity index (χ2n) is 5.90. The van der Waals surface area contributed by atoms with E-state index in [4.69, 9.17) is 0 Å². The second kappa shape index (κ2) is 7.20. The van der Waals surface area contributed by atoms with Crippen LogP contribution in [-0.2, 0) is 6.54 Å². The highest BCUT2D eigenvalue weighted by Crippen LogP contribution is 2.15. The fraction of sp³-hybridized carbons (Fsp3) is 0.333. The third-order valence-corrected chi connectivity index (χ3v) is 4.16. The van der Waals surface area contributed by atoms with Crippen molar-refractivity contribution in [1.29, 1.82) is 5.26 Å². The Bertz CT molecular complexity index is 738. The van der Waals surface area contributed by atoms with Crippen LogP contribution in [-0.4, -0.2) is 51.4 Å². The first-order valence-corrected chi connectivity index (χ1v) is 7.93. The van der Waals surface area contributed by atoms with Crippen molar-refractivity contribution >= 4 is 5.91 Å². The van der Waals surface area contributed by atoms with Gasteiger partial charge in [-0.3, -0.25) is 14.7 Å². The van der Waals surface area contributed by atoms with Gasteiger partial charge < -0.3 is 4.90 Å². The van der Waals surface area contributed by atoms with Crippen LogP contribution in [0.2, 0.25) is 0 Å².